The molecule has 78 valence electrons. The zero-order valence-corrected chi connectivity index (χ0v) is 9.81. The van der Waals surface area contributed by atoms with E-state index in [-0.39, 0.29) is 6.04 Å². The second-order valence-corrected chi connectivity index (χ2v) is 4.33. The molecule has 0 spiro atoms. The summed E-state index contributed by atoms with van der Waals surface area (Å²) < 4.78 is 0. The first-order chi connectivity index (χ1) is 6.56. The molecular formula is C12H18ClN. The van der Waals surface area contributed by atoms with Crippen molar-refractivity contribution >= 4 is 11.6 Å². The molecule has 2 heteroatoms. The molecule has 1 aromatic rings. The van der Waals surface area contributed by atoms with Gasteiger partial charge in [0.1, 0.15) is 0 Å². The highest BCUT2D eigenvalue weighted by Crippen LogP contribution is 2.25. The van der Waals surface area contributed by atoms with E-state index >= 15 is 0 Å². The summed E-state index contributed by atoms with van der Waals surface area (Å²) in [5.74, 6) is 0.494. The molecule has 2 atom stereocenters. The molecule has 0 aliphatic heterocycles. The van der Waals surface area contributed by atoms with Crippen molar-refractivity contribution in [1.82, 2.24) is 0 Å². The van der Waals surface area contributed by atoms with Gasteiger partial charge in [-0.05, 0) is 30.0 Å². The van der Waals surface area contributed by atoms with Crippen LogP contribution in [0.2, 0.25) is 5.02 Å². The quantitative estimate of drug-likeness (QED) is 0.811. The van der Waals surface area contributed by atoms with Gasteiger partial charge in [-0.3, -0.25) is 0 Å². The van der Waals surface area contributed by atoms with E-state index in [9.17, 15) is 0 Å². The first kappa shape index (κ1) is 11.5. The second kappa shape index (κ2) is 4.81. The third kappa shape index (κ3) is 2.49. The molecule has 1 unspecified atom stereocenters. The summed E-state index contributed by atoms with van der Waals surface area (Å²) in [5.41, 5.74) is 8.35. The molecule has 2 N–H and O–H groups in total. The van der Waals surface area contributed by atoms with Crippen molar-refractivity contribution in [3.63, 3.8) is 0 Å². The Labute approximate surface area is 91.3 Å². The summed E-state index contributed by atoms with van der Waals surface area (Å²) in [5, 5.41) is 0.807. The predicted molar refractivity (Wildman–Crippen MR) is 62.6 cm³/mol. The van der Waals surface area contributed by atoms with Crippen LogP contribution in [0, 0.1) is 12.8 Å². The van der Waals surface area contributed by atoms with Crippen molar-refractivity contribution in [3.05, 3.63) is 34.3 Å². The van der Waals surface area contributed by atoms with Gasteiger partial charge in [0.25, 0.3) is 0 Å². The number of aryl methyl sites for hydroxylation is 1. The standard InChI is InChI=1S/C12H18ClN/c1-4-8(2)12(14)10-6-5-9(3)11(13)7-10/h5-8,12H,4,14H2,1-3H3/t8?,12-/m0/s1. The Bertz CT molecular complexity index is 309. The molecule has 0 fully saturated rings. The van der Waals surface area contributed by atoms with Crippen molar-refractivity contribution in [2.24, 2.45) is 11.7 Å². The Kier molecular flexibility index (Phi) is 3.97. The molecule has 0 saturated heterocycles. The minimum Gasteiger partial charge on any atom is -0.324 e. The topological polar surface area (TPSA) is 26.0 Å². The highest BCUT2D eigenvalue weighted by molar-refractivity contribution is 6.31. The van der Waals surface area contributed by atoms with Crippen molar-refractivity contribution in [1.29, 1.82) is 0 Å². The van der Waals surface area contributed by atoms with E-state index in [1.807, 2.05) is 19.1 Å². The number of nitrogens with two attached hydrogens (primary N) is 1. The van der Waals surface area contributed by atoms with Crippen LogP contribution in [0.15, 0.2) is 18.2 Å². The van der Waals surface area contributed by atoms with Crippen LogP contribution in [0.1, 0.15) is 37.4 Å². The largest absolute Gasteiger partial charge is 0.324 e. The van der Waals surface area contributed by atoms with E-state index in [0.29, 0.717) is 5.92 Å². The van der Waals surface area contributed by atoms with Gasteiger partial charge in [0, 0.05) is 11.1 Å². The van der Waals surface area contributed by atoms with Gasteiger partial charge in [0.15, 0.2) is 0 Å². The summed E-state index contributed by atoms with van der Waals surface area (Å²) in [6.45, 7) is 6.32. The van der Waals surface area contributed by atoms with Gasteiger partial charge >= 0.3 is 0 Å². The first-order valence-electron chi connectivity index (χ1n) is 5.08. The Morgan fingerprint density at radius 1 is 1.43 bits per heavy atom. The number of hydrogen-bond donors (Lipinski definition) is 1. The molecule has 14 heavy (non-hydrogen) atoms. The molecule has 0 amide bonds. The van der Waals surface area contributed by atoms with E-state index in [1.54, 1.807) is 0 Å². The average molecular weight is 212 g/mol. The van der Waals surface area contributed by atoms with Gasteiger partial charge in [-0.1, -0.05) is 44.0 Å². The van der Waals surface area contributed by atoms with E-state index in [0.717, 1.165) is 22.6 Å². The van der Waals surface area contributed by atoms with Crippen molar-refractivity contribution in [2.45, 2.75) is 33.2 Å². The van der Waals surface area contributed by atoms with Crippen LogP contribution in [-0.4, -0.2) is 0 Å². The van der Waals surface area contributed by atoms with Gasteiger partial charge in [0.2, 0.25) is 0 Å². The highest BCUT2D eigenvalue weighted by atomic mass is 35.5. The maximum Gasteiger partial charge on any atom is 0.0438 e. The Morgan fingerprint density at radius 2 is 2.07 bits per heavy atom. The van der Waals surface area contributed by atoms with Crippen LogP contribution >= 0.6 is 11.6 Å². The van der Waals surface area contributed by atoms with Gasteiger partial charge in [-0.15, -0.1) is 0 Å². The number of halogens is 1. The van der Waals surface area contributed by atoms with Gasteiger partial charge in [-0.25, -0.2) is 0 Å². The molecule has 0 aliphatic rings. The predicted octanol–water partition coefficient (Wildman–Crippen LogP) is 3.69. The molecule has 1 rings (SSSR count). The van der Waals surface area contributed by atoms with Crippen LogP contribution in [0.25, 0.3) is 0 Å². The monoisotopic (exact) mass is 211 g/mol. The third-order valence-electron chi connectivity index (χ3n) is 2.84. The van der Waals surface area contributed by atoms with Crippen molar-refractivity contribution in [3.8, 4) is 0 Å². The van der Waals surface area contributed by atoms with E-state index in [4.69, 9.17) is 17.3 Å². The lowest BCUT2D eigenvalue weighted by Crippen LogP contribution is -2.18. The van der Waals surface area contributed by atoms with E-state index < -0.39 is 0 Å². The SMILES string of the molecule is CCC(C)[C@H](N)c1ccc(C)c(Cl)c1. The van der Waals surface area contributed by atoms with Crippen LogP contribution in [0.3, 0.4) is 0 Å². The Hall–Kier alpha value is -0.530. The fourth-order valence-corrected chi connectivity index (χ4v) is 1.59. The Balaban J connectivity index is 2.91. The minimum atomic E-state index is 0.0955. The van der Waals surface area contributed by atoms with Crippen LogP contribution < -0.4 is 5.73 Å². The van der Waals surface area contributed by atoms with Crippen molar-refractivity contribution in [2.75, 3.05) is 0 Å². The summed E-state index contributed by atoms with van der Waals surface area (Å²) in [4.78, 5) is 0. The van der Waals surface area contributed by atoms with Crippen LogP contribution in [0.4, 0.5) is 0 Å². The third-order valence-corrected chi connectivity index (χ3v) is 3.24. The van der Waals surface area contributed by atoms with Crippen LogP contribution in [-0.2, 0) is 0 Å². The summed E-state index contributed by atoms with van der Waals surface area (Å²) in [6.07, 6.45) is 1.09. The average Bonchev–Trinajstić information content (AvgIpc) is 2.20. The fraction of sp³-hybridized carbons (Fsp3) is 0.500. The zero-order valence-electron chi connectivity index (χ0n) is 9.05. The van der Waals surface area contributed by atoms with Gasteiger partial charge in [0.05, 0.1) is 0 Å². The molecule has 0 heterocycles. The molecule has 0 saturated carbocycles. The van der Waals surface area contributed by atoms with Gasteiger partial charge in [-0.2, -0.15) is 0 Å². The van der Waals surface area contributed by atoms with Crippen LogP contribution in [0.5, 0.6) is 0 Å². The molecular weight excluding hydrogens is 194 g/mol. The van der Waals surface area contributed by atoms with Crippen molar-refractivity contribution < 1.29 is 0 Å². The fourth-order valence-electron chi connectivity index (χ4n) is 1.40. The maximum absolute atomic E-state index is 6.11. The number of benzene rings is 1. The highest BCUT2D eigenvalue weighted by Gasteiger charge is 2.13. The lowest BCUT2D eigenvalue weighted by molar-refractivity contribution is 0.457. The number of hydrogen-bond acceptors (Lipinski definition) is 1. The van der Waals surface area contributed by atoms with E-state index in [1.165, 1.54) is 0 Å². The molecule has 1 aromatic carbocycles. The summed E-state index contributed by atoms with van der Waals surface area (Å²) in [6, 6.07) is 6.17. The second-order valence-electron chi connectivity index (χ2n) is 3.92. The zero-order chi connectivity index (χ0) is 10.7. The lowest BCUT2D eigenvalue weighted by atomic mass is 9.93. The van der Waals surface area contributed by atoms with Gasteiger partial charge < -0.3 is 5.73 Å². The normalized spacial score (nSPS) is 15.2. The maximum atomic E-state index is 6.11. The van der Waals surface area contributed by atoms with E-state index in [2.05, 4.69) is 19.9 Å². The lowest BCUT2D eigenvalue weighted by Gasteiger charge is -2.19. The summed E-state index contributed by atoms with van der Waals surface area (Å²) >= 11 is 6.05. The molecule has 0 radical (unpaired) electrons. The first-order valence-corrected chi connectivity index (χ1v) is 5.45. The molecule has 0 bridgehead atoms. The molecule has 0 aliphatic carbocycles. The smallest absolute Gasteiger partial charge is 0.0438 e. The summed E-state index contributed by atoms with van der Waals surface area (Å²) in [7, 11) is 0. The number of rotatable bonds is 3. The molecule has 1 nitrogen and oxygen atoms in total. The minimum absolute atomic E-state index is 0.0955. The Morgan fingerprint density at radius 3 is 2.57 bits per heavy atom. The molecule has 0 aromatic heterocycles.